The van der Waals surface area contributed by atoms with Crippen LogP contribution in [0.5, 0.6) is 0 Å². The predicted octanol–water partition coefficient (Wildman–Crippen LogP) is 0.0216. The number of carbonyl (C=O) groups excluding carboxylic acids is 2. The van der Waals surface area contributed by atoms with Crippen LogP contribution < -0.4 is 10.9 Å². The summed E-state index contributed by atoms with van der Waals surface area (Å²) in [5, 5.41) is 0. The predicted molar refractivity (Wildman–Crippen MR) is 58.8 cm³/mol. The molecule has 1 aliphatic rings. The molecule has 2 rings (SSSR count). The average Bonchev–Trinajstić information content (AvgIpc) is 2.90. The highest BCUT2D eigenvalue weighted by Crippen LogP contribution is 2.11. The molecular weight excluding hydrogens is 222 g/mol. The third-order valence-electron chi connectivity index (χ3n) is 2.45. The van der Waals surface area contributed by atoms with E-state index in [0.717, 1.165) is 6.42 Å². The SMILES string of the molecule is O=C(NNC(=O)C1CCCO1)c1cccnc1. The normalized spacial score (nSPS) is 18.7. The molecule has 1 saturated heterocycles. The Morgan fingerprint density at radius 2 is 2.29 bits per heavy atom. The van der Waals surface area contributed by atoms with E-state index in [1.54, 1.807) is 18.3 Å². The third kappa shape index (κ3) is 3.01. The number of hydrogen-bond acceptors (Lipinski definition) is 4. The van der Waals surface area contributed by atoms with Crippen molar-refractivity contribution < 1.29 is 14.3 Å². The lowest BCUT2D eigenvalue weighted by Gasteiger charge is -2.11. The molecule has 0 aliphatic carbocycles. The number of hydrazine groups is 1. The molecule has 0 aromatic carbocycles. The van der Waals surface area contributed by atoms with E-state index in [1.165, 1.54) is 6.20 Å². The Labute approximate surface area is 98.3 Å². The van der Waals surface area contributed by atoms with Crippen molar-refractivity contribution in [2.24, 2.45) is 0 Å². The van der Waals surface area contributed by atoms with Gasteiger partial charge >= 0.3 is 0 Å². The maximum absolute atomic E-state index is 11.6. The Hall–Kier alpha value is -1.95. The van der Waals surface area contributed by atoms with Crippen LogP contribution >= 0.6 is 0 Å². The van der Waals surface area contributed by atoms with Gasteiger partial charge in [0.25, 0.3) is 11.8 Å². The highest BCUT2D eigenvalue weighted by Gasteiger charge is 2.23. The number of hydrogen-bond donors (Lipinski definition) is 2. The lowest BCUT2D eigenvalue weighted by molar-refractivity contribution is -0.130. The minimum Gasteiger partial charge on any atom is -0.368 e. The molecule has 1 unspecified atom stereocenters. The van der Waals surface area contributed by atoms with Crippen LogP contribution in [0.1, 0.15) is 23.2 Å². The first kappa shape index (κ1) is 11.5. The fourth-order valence-corrected chi connectivity index (χ4v) is 1.55. The van der Waals surface area contributed by atoms with Gasteiger partial charge in [-0.3, -0.25) is 25.4 Å². The summed E-state index contributed by atoms with van der Waals surface area (Å²) < 4.78 is 5.18. The summed E-state index contributed by atoms with van der Waals surface area (Å²) in [6.07, 6.45) is 4.10. The summed E-state index contributed by atoms with van der Waals surface area (Å²) in [4.78, 5) is 26.9. The highest BCUT2D eigenvalue weighted by molar-refractivity contribution is 5.95. The number of rotatable bonds is 2. The zero-order valence-corrected chi connectivity index (χ0v) is 9.18. The standard InChI is InChI=1S/C11H13N3O3/c15-10(8-3-1-5-12-7-8)13-14-11(16)9-4-2-6-17-9/h1,3,5,7,9H,2,4,6H2,(H,13,15)(H,14,16). The second-order valence-electron chi connectivity index (χ2n) is 3.69. The molecule has 1 aromatic rings. The van der Waals surface area contributed by atoms with Gasteiger partial charge in [0, 0.05) is 19.0 Å². The van der Waals surface area contributed by atoms with E-state index >= 15 is 0 Å². The van der Waals surface area contributed by atoms with Crippen molar-refractivity contribution in [1.82, 2.24) is 15.8 Å². The van der Waals surface area contributed by atoms with Gasteiger partial charge in [-0.2, -0.15) is 0 Å². The van der Waals surface area contributed by atoms with Crippen molar-refractivity contribution in [3.05, 3.63) is 30.1 Å². The molecule has 2 N–H and O–H groups in total. The first-order chi connectivity index (χ1) is 8.27. The Morgan fingerprint density at radius 3 is 2.94 bits per heavy atom. The lowest BCUT2D eigenvalue weighted by atomic mass is 10.2. The second kappa shape index (κ2) is 5.40. The Bertz CT molecular complexity index is 402. The van der Waals surface area contributed by atoms with Crippen LogP contribution in [-0.2, 0) is 9.53 Å². The van der Waals surface area contributed by atoms with Crippen LogP contribution in [0.25, 0.3) is 0 Å². The molecule has 2 amide bonds. The lowest BCUT2D eigenvalue weighted by Crippen LogP contribution is -2.46. The first-order valence-corrected chi connectivity index (χ1v) is 5.39. The molecule has 17 heavy (non-hydrogen) atoms. The number of nitrogens with zero attached hydrogens (tertiary/aromatic N) is 1. The van der Waals surface area contributed by atoms with Gasteiger partial charge in [0.05, 0.1) is 5.56 Å². The number of ether oxygens (including phenoxy) is 1. The van der Waals surface area contributed by atoms with Crippen molar-refractivity contribution >= 4 is 11.8 Å². The van der Waals surface area contributed by atoms with Crippen molar-refractivity contribution in [1.29, 1.82) is 0 Å². The topological polar surface area (TPSA) is 80.3 Å². The molecular formula is C11H13N3O3. The molecule has 0 spiro atoms. The van der Waals surface area contributed by atoms with Crippen LogP contribution in [-0.4, -0.2) is 29.5 Å². The summed E-state index contributed by atoms with van der Waals surface area (Å²) in [6.45, 7) is 0.592. The smallest absolute Gasteiger partial charge is 0.271 e. The van der Waals surface area contributed by atoms with Crippen molar-refractivity contribution in [2.75, 3.05) is 6.61 Å². The first-order valence-electron chi connectivity index (χ1n) is 5.39. The summed E-state index contributed by atoms with van der Waals surface area (Å²) >= 11 is 0. The van der Waals surface area contributed by atoms with Crippen molar-refractivity contribution in [3.63, 3.8) is 0 Å². The summed E-state index contributed by atoms with van der Waals surface area (Å²) in [6, 6.07) is 3.26. The number of pyridine rings is 1. The van der Waals surface area contributed by atoms with Gasteiger partial charge in [-0.05, 0) is 25.0 Å². The average molecular weight is 235 g/mol. The monoisotopic (exact) mass is 235 g/mol. The molecule has 6 heteroatoms. The summed E-state index contributed by atoms with van der Waals surface area (Å²) in [7, 11) is 0. The van der Waals surface area contributed by atoms with E-state index in [-0.39, 0.29) is 5.91 Å². The largest absolute Gasteiger partial charge is 0.368 e. The zero-order valence-electron chi connectivity index (χ0n) is 9.18. The molecule has 1 atom stereocenters. The Balaban J connectivity index is 1.82. The van der Waals surface area contributed by atoms with Gasteiger partial charge in [-0.15, -0.1) is 0 Å². The number of amides is 2. The van der Waals surface area contributed by atoms with Gasteiger partial charge in [0.2, 0.25) is 0 Å². The summed E-state index contributed by atoms with van der Waals surface area (Å²) in [5.41, 5.74) is 5.04. The fourth-order valence-electron chi connectivity index (χ4n) is 1.55. The van der Waals surface area contributed by atoms with Crippen molar-refractivity contribution in [2.45, 2.75) is 18.9 Å². The van der Waals surface area contributed by atoms with Crippen LogP contribution in [0.4, 0.5) is 0 Å². The molecule has 1 fully saturated rings. The maximum Gasteiger partial charge on any atom is 0.271 e. The van der Waals surface area contributed by atoms with E-state index in [9.17, 15) is 9.59 Å². The quantitative estimate of drug-likeness (QED) is 0.708. The molecule has 0 bridgehead atoms. The molecule has 2 heterocycles. The van der Waals surface area contributed by atoms with Gasteiger partial charge < -0.3 is 4.74 Å². The molecule has 0 saturated carbocycles. The Kier molecular flexibility index (Phi) is 3.66. The minimum atomic E-state index is -0.454. The van der Waals surface area contributed by atoms with E-state index in [0.29, 0.717) is 18.6 Å². The fraction of sp³-hybridized carbons (Fsp3) is 0.364. The molecule has 90 valence electrons. The van der Waals surface area contributed by atoms with Crippen LogP contribution in [0.15, 0.2) is 24.5 Å². The van der Waals surface area contributed by atoms with Crippen LogP contribution in [0.3, 0.4) is 0 Å². The molecule has 1 aromatic heterocycles. The van der Waals surface area contributed by atoms with Gasteiger partial charge in [0.15, 0.2) is 0 Å². The maximum atomic E-state index is 11.6. The van der Waals surface area contributed by atoms with E-state index in [4.69, 9.17) is 4.74 Å². The molecule has 6 nitrogen and oxygen atoms in total. The highest BCUT2D eigenvalue weighted by atomic mass is 16.5. The minimum absolute atomic E-state index is 0.320. The number of nitrogens with one attached hydrogen (secondary N) is 2. The number of carbonyl (C=O) groups is 2. The van der Waals surface area contributed by atoms with Gasteiger partial charge in [-0.25, -0.2) is 0 Å². The van der Waals surface area contributed by atoms with Gasteiger partial charge in [0.1, 0.15) is 6.10 Å². The third-order valence-corrected chi connectivity index (χ3v) is 2.45. The van der Waals surface area contributed by atoms with Crippen LogP contribution in [0, 0.1) is 0 Å². The van der Waals surface area contributed by atoms with Gasteiger partial charge in [-0.1, -0.05) is 0 Å². The van der Waals surface area contributed by atoms with Crippen molar-refractivity contribution in [3.8, 4) is 0 Å². The Morgan fingerprint density at radius 1 is 1.41 bits per heavy atom. The molecule has 0 radical (unpaired) electrons. The summed E-state index contributed by atoms with van der Waals surface area (Å²) in [5.74, 6) is -0.718. The zero-order chi connectivity index (χ0) is 12.1. The van der Waals surface area contributed by atoms with Crippen LogP contribution in [0.2, 0.25) is 0 Å². The second-order valence-corrected chi connectivity index (χ2v) is 3.69. The van der Waals surface area contributed by atoms with E-state index < -0.39 is 12.0 Å². The van der Waals surface area contributed by atoms with E-state index in [1.807, 2.05) is 0 Å². The number of aromatic nitrogens is 1. The molecule has 1 aliphatic heterocycles. The van der Waals surface area contributed by atoms with E-state index in [2.05, 4.69) is 15.8 Å².